The molecule has 0 spiro atoms. The van der Waals surface area contributed by atoms with Crippen LogP contribution in [0.5, 0.6) is 0 Å². The summed E-state index contributed by atoms with van der Waals surface area (Å²) in [6.07, 6.45) is 0.859. The highest BCUT2D eigenvalue weighted by molar-refractivity contribution is 6.11. The molecular weight excluding hydrogens is 514 g/mol. The predicted octanol–water partition coefficient (Wildman–Crippen LogP) is 9.40. The van der Waals surface area contributed by atoms with Crippen molar-refractivity contribution in [1.82, 2.24) is 4.57 Å². The molecule has 0 fully saturated rings. The van der Waals surface area contributed by atoms with E-state index in [1.165, 1.54) is 44.1 Å². The Hall–Kier alpha value is -5.41. The Morgan fingerprint density at radius 2 is 1.33 bits per heavy atom. The first-order valence-electron chi connectivity index (χ1n) is 14.4. The Kier molecular flexibility index (Phi) is 4.88. The molecule has 0 bridgehead atoms. The molecule has 0 amide bonds. The van der Waals surface area contributed by atoms with E-state index in [4.69, 9.17) is 4.42 Å². The Labute approximate surface area is 241 Å². The van der Waals surface area contributed by atoms with Crippen molar-refractivity contribution >= 4 is 43.5 Å². The zero-order valence-electron chi connectivity index (χ0n) is 22.7. The zero-order chi connectivity index (χ0) is 27.8. The first kappa shape index (κ1) is 23.3. The van der Waals surface area contributed by atoms with E-state index >= 15 is 0 Å². The molecule has 8 aromatic rings. The topological polar surface area (TPSA) is 35.1 Å². The first-order valence-corrected chi connectivity index (χ1v) is 14.4. The summed E-state index contributed by atoms with van der Waals surface area (Å²) in [5.74, 6) is 0.129. The fourth-order valence-electron chi connectivity index (χ4n) is 7.12. The van der Waals surface area contributed by atoms with Crippen LogP contribution in [-0.2, 0) is 6.42 Å². The summed E-state index contributed by atoms with van der Waals surface area (Å²) in [7, 11) is 0. The Morgan fingerprint density at radius 3 is 2.24 bits per heavy atom. The highest BCUT2D eigenvalue weighted by atomic mass is 16.4. The molecule has 1 atom stereocenters. The molecule has 0 aliphatic heterocycles. The molecule has 0 saturated heterocycles. The van der Waals surface area contributed by atoms with Gasteiger partial charge < -0.3 is 8.98 Å². The third-order valence-electron chi connectivity index (χ3n) is 9.01. The molecule has 42 heavy (non-hydrogen) atoms. The minimum atomic E-state index is -0.287. The maximum atomic E-state index is 13.1. The Morgan fingerprint density at radius 1 is 0.571 bits per heavy atom. The van der Waals surface area contributed by atoms with E-state index in [-0.39, 0.29) is 11.5 Å². The predicted molar refractivity (Wildman–Crippen MR) is 172 cm³/mol. The number of hydrogen-bond acceptors (Lipinski definition) is 2. The Balaban J connectivity index is 1.27. The second-order valence-electron chi connectivity index (χ2n) is 11.2. The van der Waals surface area contributed by atoms with Gasteiger partial charge in [0.1, 0.15) is 5.58 Å². The van der Waals surface area contributed by atoms with Crippen LogP contribution in [0, 0.1) is 0 Å². The average molecular weight is 540 g/mol. The molecular formula is C39H25NO2. The molecule has 3 nitrogen and oxygen atoms in total. The fourth-order valence-corrected chi connectivity index (χ4v) is 7.12. The van der Waals surface area contributed by atoms with Gasteiger partial charge in [-0.25, -0.2) is 4.79 Å². The van der Waals surface area contributed by atoms with Crippen LogP contribution in [0.4, 0.5) is 0 Å². The van der Waals surface area contributed by atoms with Gasteiger partial charge in [-0.05, 0) is 82.1 Å². The van der Waals surface area contributed by atoms with E-state index in [9.17, 15) is 4.79 Å². The summed E-state index contributed by atoms with van der Waals surface area (Å²) in [6, 6.07) is 46.9. The molecule has 2 heterocycles. The molecule has 1 unspecified atom stereocenters. The van der Waals surface area contributed by atoms with Crippen LogP contribution >= 0.6 is 0 Å². The lowest BCUT2D eigenvalue weighted by atomic mass is 9.75. The van der Waals surface area contributed by atoms with E-state index in [1.807, 2.05) is 24.3 Å². The van der Waals surface area contributed by atoms with Gasteiger partial charge >= 0.3 is 5.63 Å². The largest absolute Gasteiger partial charge is 0.422 e. The molecule has 0 saturated carbocycles. The van der Waals surface area contributed by atoms with Gasteiger partial charge in [-0.1, -0.05) is 91.0 Å². The number of aromatic nitrogens is 1. The van der Waals surface area contributed by atoms with Crippen molar-refractivity contribution in [3.05, 3.63) is 161 Å². The molecule has 1 aliphatic carbocycles. The van der Waals surface area contributed by atoms with Crippen molar-refractivity contribution < 1.29 is 4.42 Å². The third kappa shape index (κ3) is 3.31. The van der Waals surface area contributed by atoms with Crippen LogP contribution in [0.2, 0.25) is 0 Å². The van der Waals surface area contributed by atoms with E-state index in [0.717, 1.165) is 28.4 Å². The summed E-state index contributed by atoms with van der Waals surface area (Å²) < 4.78 is 8.09. The second kappa shape index (κ2) is 8.79. The molecule has 198 valence electrons. The van der Waals surface area contributed by atoms with Crippen LogP contribution in [0.15, 0.2) is 143 Å². The fraction of sp³-hybridized carbons (Fsp3) is 0.0513. The van der Waals surface area contributed by atoms with Crippen LogP contribution < -0.4 is 5.63 Å². The van der Waals surface area contributed by atoms with Crippen molar-refractivity contribution in [1.29, 1.82) is 0 Å². The second-order valence-corrected chi connectivity index (χ2v) is 11.2. The number of rotatable bonds is 2. The van der Waals surface area contributed by atoms with Crippen LogP contribution in [0.25, 0.3) is 60.4 Å². The van der Waals surface area contributed by atoms with Crippen molar-refractivity contribution in [3.63, 3.8) is 0 Å². The number of benzene rings is 6. The minimum absolute atomic E-state index is 0.129. The maximum Gasteiger partial charge on any atom is 0.344 e. The summed E-state index contributed by atoms with van der Waals surface area (Å²) in [5.41, 5.74) is 10.2. The number of nitrogens with zero attached hydrogens (tertiary/aromatic N) is 1. The van der Waals surface area contributed by atoms with Crippen LogP contribution in [-0.4, -0.2) is 4.57 Å². The highest BCUT2D eigenvalue weighted by Crippen LogP contribution is 2.46. The zero-order valence-corrected chi connectivity index (χ0v) is 22.7. The Bertz CT molecular complexity index is 2410. The summed E-state index contributed by atoms with van der Waals surface area (Å²) in [6.45, 7) is 0. The van der Waals surface area contributed by atoms with Gasteiger partial charge in [0, 0.05) is 27.8 Å². The highest BCUT2D eigenvalue weighted by Gasteiger charge is 2.28. The molecule has 0 radical (unpaired) electrons. The van der Waals surface area contributed by atoms with E-state index < -0.39 is 0 Å². The van der Waals surface area contributed by atoms with Gasteiger partial charge in [0.15, 0.2) is 0 Å². The molecule has 1 aliphatic rings. The molecule has 3 heteroatoms. The van der Waals surface area contributed by atoms with E-state index in [0.29, 0.717) is 11.0 Å². The maximum absolute atomic E-state index is 13.1. The quantitative estimate of drug-likeness (QED) is 0.162. The SMILES string of the molecule is O=c1oc2ccccc2c2ccc(C3Cc4cc5c6ccccc6n(-c6ccccc6)c5cc4-c4ccccc43)cc12. The van der Waals surface area contributed by atoms with Crippen molar-refractivity contribution in [3.8, 4) is 16.8 Å². The number of para-hydroxylation sites is 3. The van der Waals surface area contributed by atoms with Crippen molar-refractivity contribution in [2.45, 2.75) is 12.3 Å². The van der Waals surface area contributed by atoms with Crippen LogP contribution in [0.3, 0.4) is 0 Å². The monoisotopic (exact) mass is 539 g/mol. The normalized spacial score (nSPS) is 14.4. The molecule has 0 N–H and O–H groups in total. The number of fused-ring (bicyclic) bond motifs is 9. The van der Waals surface area contributed by atoms with Gasteiger partial charge in [-0.3, -0.25) is 0 Å². The van der Waals surface area contributed by atoms with Crippen molar-refractivity contribution in [2.75, 3.05) is 0 Å². The van der Waals surface area contributed by atoms with Gasteiger partial charge in [-0.15, -0.1) is 0 Å². The first-order chi connectivity index (χ1) is 20.7. The van der Waals surface area contributed by atoms with Crippen LogP contribution in [0.1, 0.15) is 22.6 Å². The summed E-state index contributed by atoms with van der Waals surface area (Å²) in [4.78, 5) is 13.1. The minimum Gasteiger partial charge on any atom is -0.422 e. The average Bonchev–Trinajstić information content (AvgIpc) is 3.37. The standard InChI is InChI=1S/C39H25NO2/c41-39-35-20-24(18-19-29(35)31-15-7-9-17-38(31)42-39)32-21-25-22-34-30-14-6-8-16-36(30)40(26-10-2-1-3-11-26)37(34)23-33(25)28-13-5-4-12-27(28)32/h1-20,22-23,32H,21H2. The van der Waals surface area contributed by atoms with Gasteiger partial charge in [0.05, 0.1) is 16.4 Å². The molecule has 2 aromatic heterocycles. The molecule has 6 aromatic carbocycles. The van der Waals surface area contributed by atoms with E-state index in [2.05, 4.69) is 114 Å². The summed E-state index contributed by atoms with van der Waals surface area (Å²) in [5, 5.41) is 5.05. The van der Waals surface area contributed by atoms with Gasteiger partial charge in [-0.2, -0.15) is 0 Å². The lowest BCUT2D eigenvalue weighted by Gasteiger charge is -2.29. The smallest absolute Gasteiger partial charge is 0.344 e. The lowest BCUT2D eigenvalue weighted by Crippen LogP contribution is -2.13. The van der Waals surface area contributed by atoms with Crippen molar-refractivity contribution in [2.24, 2.45) is 0 Å². The summed E-state index contributed by atoms with van der Waals surface area (Å²) >= 11 is 0. The van der Waals surface area contributed by atoms with Gasteiger partial charge in [0.25, 0.3) is 0 Å². The van der Waals surface area contributed by atoms with E-state index in [1.54, 1.807) is 0 Å². The number of hydrogen-bond donors (Lipinski definition) is 0. The molecule has 9 rings (SSSR count). The van der Waals surface area contributed by atoms with Gasteiger partial charge in [0.2, 0.25) is 0 Å². The lowest BCUT2D eigenvalue weighted by molar-refractivity contribution is 0.569. The third-order valence-corrected chi connectivity index (χ3v) is 9.01.